The number of nitrogens with one attached hydrogen (secondary N) is 3. The number of oxazole rings is 1. The van der Waals surface area contributed by atoms with Gasteiger partial charge in [-0.05, 0) is 30.2 Å². The van der Waals surface area contributed by atoms with E-state index in [0.29, 0.717) is 16.7 Å². The fourth-order valence-electron chi connectivity index (χ4n) is 3.57. The Kier molecular flexibility index (Phi) is 5.57. The van der Waals surface area contributed by atoms with E-state index < -0.39 is 23.4 Å². The molecule has 11 heteroatoms. The van der Waals surface area contributed by atoms with E-state index in [0.717, 1.165) is 21.8 Å². The largest absolute Gasteiger partial charge is 0.417 e. The third-order valence-electron chi connectivity index (χ3n) is 5.40. The fraction of sp³-hybridized carbons (Fsp3) is 0.125. The maximum absolute atomic E-state index is 14.3. The van der Waals surface area contributed by atoms with Crippen LogP contribution in [-0.2, 0) is 13.1 Å². The number of aryl methyl sites for hydroxylation is 1. The summed E-state index contributed by atoms with van der Waals surface area (Å²) in [6.07, 6.45) is 0.932. The average molecular weight is 474 g/mol. The molecule has 2 aromatic carbocycles. The molecule has 3 heterocycles. The molecule has 176 valence electrons. The highest BCUT2D eigenvalue weighted by atomic mass is 19.1. The smallest absolute Gasteiger partial charge is 0.408 e. The number of nitrogens with zero attached hydrogens (tertiary/aromatic N) is 3. The highest BCUT2D eigenvalue weighted by Crippen LogP contribution is 2.14. The molecular formula is C24H19FN6O4. The third-order valence-corrected chi connectivity index (χ3v) is 5.40. The Morgan fingerprint density at radius 3 is 2.54 bits per heavy atom. The van der Waals surface area contributed by atoms with Crippen LogP contribution in [0.5, 0.6) is 0 Å². The Morgan fingerprint density at radius 2 is 1.74 bits per heavy atom. The lowest BCUT2D eigenvalue weighted by Gasteiger charge is -2.10. The monoisotopic (exact) mass is 474 g/mol. The molecule has 0 saturated heterocycles. The normalized spacial score (nSPS) is 11.1. The summed E-state index contributed by atoms with van der Waals surface area (Å²) in [4.78, 5) is 43.6. The van der Waals surface area contributed by atoms with Crippen molar-refractivity contribution in [1.29, 1.82) is 0 Å². The van der Waals surface area contributed by atoms with Crippen molar-refractivity contribution in [1.82, 2.24) is 30.2 Å². The van der Waals surface area contributed by atoms with Gasteiger partial charge in [0, 0.05) is 19.2 Å². The molecule has 0 bridgehead atoms. The van der Waals surface area contributed by atoms with Gasteiger partial charge in [0.2, 0.25) is 0 Å². The zero-order chi connectivity index (χ0) is 24.5. The predicted octanol–water partition coefficient (Wildman–Crippen LogP) is 2.47. The average Bonchev–Trinajstić information content (AvgIpc) is 3.42. The van der Waals surface area contributed by atoms with E-state index in [9.17, 15) is 18.8 Å². The molecule has 0 unspecified atom stereocenters. The zero-order valence-electron chi connectivity index (χ0n) is 18.5. The molecule has 3 N–H and O–H groups in total. The Labute approximate surface area is 196 Å². The third kappa shape index (κ3) is 4.51. The molecule has 35 heavy (non-hydrogen) atoms. The standard InChI is InChI=1S/C24H19FN6O4/c1-13-2-4-14(5-3-13)10-27-23(33)19-9-18(29-21-16(25)12-28-31(19)21)22(32)26-11-15-6-7-20-17(8-15)30-24(34)35-20/h2-9,12H,10-11H2,1H3,(H,26,32)(H,27,33)(H,30,34). The van der Waals surface area contributed by atoms with Crippen molar-refractivity contribution in [2.75, 3.05) is 0 Å². The Bertz CT molecular complexity index is 1630. The van der Waals surface area contributed by atoms with Crippen molar-refractivity contribution >= 4 is 28.6 Å². The van der Waals surface area contributed by atoms with Gasteiger partial charge in [0.1, 0.15) is 11.4 Å². The number of halogens is 1. The molecule has 0 fully saturated rings. The van der Waals surface area contributed by atoms with Crippen LogP contribution in [0.1, 0.15) is 37.7 Å². The number of fused-ring (bicyclic) bond motifs is 2. The van der Waals surface area contributed by atoms with Gasteiger partial charge in [0.15, 0.2) is 17.0 Å². The number of benzene rings is 2. The van der Waals surface area contributed by atoms with E-state index >= 15 is 0 Å². The molecule has 3 aromatic heterocycles. The number of amides is 2. The number of rotatable bonds is 6. The molecule has 0 radical (unpaired) electrons. The lowest BCUT2D eigenvalue weighted by molar-refractivity contribution is 0.0942. The van der Waals surface area contributed by atoms with Crippen LogP contribution < -0.4 is 16.4 Å². The molecule has 0 saturated carbocycles. The summed E-state index contributed by atoms with van der Waals surface area (Å²) >= 11 is 0. The van der Waals surface area contributed by atoms with Crippen LogP contribution in [0.15, 0.2) is 63.9 Å². The summed E-state index contributed by atoms with van der Waals surface area (Å²) < 4.78 is 20.3. The van der Waals surface area contributed by atoms with E-state index in [1.165, 1.54) is 6.07 Å². The van der Waals surface area contributed by atoms with Gasteiger partial charge in [-0.25, -0.2) is 18.7 Å². The molecule has 0 aliphatic rings. The SMILES string of the molecule is Cc1ccc(CNC(=O)c2cc(C(=O)NCc3ccc4oc(=O)[nH]c4c3)nc3c(F)cnn23)cc1. The summed E-state index contributed by atoms with van der Waals surface area (Å²) in [5, 5.41) is 9.32. The Balaban J connectivity index is 1.36. The molecule has 5 aromatic rings. The highest BCUT2D eigenvalue weighted by Gasteiger charge is 2.20. The van der Waals surface area contributed by atoms with E-state index in [1.807, 2.05) is 31.2 Å². The maximum atomic E-state index is 14.3. The fourth-order valence-corrected chi connectivity index (χ4v) is 3.57. The molecule has 0 aliphatic heterocycles. The predicted molar refractivity (Wildman–Crippen MR) is 123 cm³/mol. The van der Waals surface area contributed by atoms with Crippen LogP contribution in [0.4, 0.5) is 4.39 Å². The van der Waals surface area contributed by atoms with Crippen LogP contribution >= 0.6 is 0 Å². The first-order chi connectivity index (χ1) is 16.9. The first kappa shape index (κ1) is 22.0. The Morgan fingerprint density at radius 1 is 1.03 bits per heavy atom. The van der Waals surface area contributed by atoms with Crippen molar-refractivity contribution < 1.29 is 18.4 Å². The quantitative estimate of drug-likeness (QED) is 0.346. The summed E-state index contributed by atoms with van der Waals surface area (Å²) in [5.74, 6) is -2.48. The zero-order valence-corrected chi connectivity index (χ0v) is 18.5. The summed E-state index contributed by atoms with van der Waals surface area (Å²) in [6.45, 7) is 2.31. The first-order valence-electron chi connectivity index (χ1n) is 10.7. The summed E-state index contributed by atoms with van der Waals surface area (Å²) in [5.41, 5.74) is 3.14. The highest BCUT2D eigenvalue weighted by molar-refractivity contribution is 5.98. The summed E-state index contributed by atoms with van der Waals surface area (Å²) in [7, 11) is 0. The van der Waals surface area contributed by atoms with Gasteiger partial charge < -0.3 is 15.1 Å². The number of H-pyrrole nitrogens is 1. The van der Waals surface area contributed by atoms with Crippen LogP contribution in [-0.4, -0.2) is 31.4 Å². The topological polar surface area (TPSA) is 134 Å². The number of aromatic nitrogens is 4. The van der Waals surface area contributed by atoms with Crippen LogP contribution in [0, 0.1) is 12.7 Å². The van der Waals surface area contributed by atoms with Gasteiger partial charge in [-0.3, -0.25) is 14.6 Å². The minimum atomic E-state index is -0.762. The van der Waals surface area contributed by atoms with Gasteiger partial charge in [0.05, 0.1) is 11.7 Å². The van der Waals surface area contributed by atoms with E-state index in [4.69, 9.17) is 4.42 Å². The minimum absolute atomic E-state index is 0.0337. The molecular weight excluding hydrogens is 455 g/mol. The number of carbonyl (C=O) groups is 2. The van der Waals surface area contributed by atoms with E-state index in [2.05, 4.69) is 25.7 Å². The maximum Gasteiger partial charge on any atom is 0.417 e. The molecule has 0 aliphatic carbocycles. The van der Waals surface area contributed by atoms with Crippen LogP contribution in [0.3, 0.4) is 0 Å². The summed E-state index contributed by atoms with van der Waals surface area (Å²) in [6, 6.07) is 13.9. The van der Waals surface area contributed by atoms with Crippen LogP contribution in [0.2, 0.25) is 0 Å². The number of aromatic amines is 1. The van der Waals surface area contributed by atoms with E-state index in [1.54, 1.807) is 18.2 Å². The van der Waals surface area contributed by atoms with Gasteiger partial charge >= 0.3 is 5.76 Å². The molecule has 5 rings (SSSR count). The van der Waals surface area contributed by atoms with Gasteiger partial charge in [-0.2, -0.15) is 5.10 Å². The van der Waals surface area contributed by atoms with Gasteiger partial charge in [-0.1, -0.05) is 35.9 Å². The second-order valence-corrected chi connectivity index (χ2v) is 7.95. The van der Waals surface area contributed by atoms with Crippen molar-refractivity contribution in [3.8, 4) is 0 Å². The minimum Gasteiger partial charge on any atom is -0.408 e. The molecule has 0 spiro atoms. The second kappa shape index (κ2) is 8.86. The lowest BCUT2D eigenvalue weighted by Crippen LogP contribution is -2.28. The molecule has 10 nitrogen and oxygen atoms in total. The molecule has 2 amide bonds. The second-order valence-electron chi connectivity index (χ2n) is 7.95. The molecule has 0 atom stereocenters. The van der Waals surface area contributed by atoms with Gasteiger partial charge in [0.25, 0.3) is 11.8 Å². The van der Waals surface area contributed by atoms with Gasteiger partial charge in [-0.15, -0.1) is 0 Å². The lowest BCUT2D eigenvalue weighted by atomic mass is 10.1. The first-order valence-corrected chi connectivity index (χ1v) is 10.7. The van der Waals surface area contributed by atoms with Crippen molar-refractivity contribution in [3.05, 3.63) is 99.2 Å². The number of carbonyl (C=O) groups excluding carboxylic acids is 2. The number of hydrogen-bond acceptors (Lipinski definition) is 6. The van der Waals surface area contributed by atoms with Crippen LogP contribution in [0.25, 0.3) is 16.7 Å². The van der Waals surface area contributed by atoms with Crippen molar-refractivity contribution in [2.45, 2.75) is 20.0 Å². The number of hydrogen-bond donors (Lipinski definition) is 3. The van der Waals surface area contributed by atoms with E-state index in [-0.39, 0.29) is 30.1 Å². The Hall–Kier alpha value is -4.80. The van der Waals surface area contributed by atoms with Crippen molar-refractivity contribution in [3.63, 3.8) is 0 Å². The van der Waals surface area contributed by atoms with Crippen molar-refractivity contribution in [2.24, 2.45) is 0 Å².